The number of thioether (sulfide) groups is 1. The van der Waals surface area contributed by atoms with Crippen LogP contribution < -0.4 is 0 Å². The SMILES string of the molecule is COC(=O)N1CCC(SC(C)=O)CC1. The summed E-state index contributed by atoms with van der Waals surface area (Å²) in [6.45, 7) is 2.96. The van der Waals surface area contributed by atoms with Crippen molar-refractivity contribution >= 4 is 23.0 Å². The molecule has 0 radical (unpaired) electrons. The van der Waals surface area contributed by atoms with Crippen LogP contribution in [-0.2, 0) is 9.53 Å². The van der Waals surface area contributed by atoms with Crippen LogP contribution in [0.1, 0.15) is 19.8 Å². The highest BCUT2D eigenvalue weighted by Crippen LogP contribution is 2.23. The van der Waals surface area contributed by atoms with Crippen LogP contribution in [-0.4, -0.2) is 41.6 Å². The van der Waals surface area contributed by atoms with Crippen LogP contribution in [0.2, 0.25) is 0 Å². The van der Waals surface area contributed by atoms with Crippen molar-refractivity contribution in [2.75, 3.05) is 20.2 Å². The summed E-state index contributed by atoms with van der Waals surface area (Å²) in [6, 6.07) is 0. The van der Waals surface area contributed by atoms with Crippen LogP contribution in [0.4, 0.5) is 4.79 Å². The van der Waals surface area contributed by atoms with Gasteiger partial charge in [0.25, 0.3) is 0 Å². The summed E-state index contributed by atoms with van der Waals surface area (Å²) in [5.74, 6) is 0. The van der Waals surface area contributed by atoms with Crippen molar-refractivity contribution in [1.29, 1.82) is 0 Å². The average molecular weight is 217 g/mol. The first-order valence-corrected chi connectivity index (χ1v) is 5.51. The van der Waals surface area contributed by atoms with Gasteiger partial charge in [0.05, 0.1) is 7.11 Å². The molecule has 1 saturated heterocycles. The van der Waals surface area contributed by atoms with E-state index in [-0.39, 0.29) is 11.2 Å². The normalized spacial score (nSPS) is 18.0. The minimum Gasteiger partial charge on any atom is -0.453 e. The molecular formula is C9H15NO3S. The van der Waals surface area contributed by atoms with Crippen molar-refractivity contribution in [1.82, 2.24) is 4.90 Å². The molecule has 0 aliphatic carbocycles. The number of carbonyl (C=O) groups excluding carboxylic acids is 2. The van der Waals surface area contributed by atoms with Crippen molar-refractivity contribution in [3.8, 4) is 0 Å². The Bertz CT molecular complexity index is 224. The Morgan fingerprint density at radius 1 is 1.36 bits per heavy atom. The smallest absolute Gasteiger partial charge is 0.409 e. The van der Waals surface area contributed by atoms with Crippen LogP contribution in [0.3, 0.4) is 0 Å². The number of carbonyl (C=O) groups is 2. The number of nitrogens with zero attached hydrogens (tertiary/aromatic N) is 1. The fourth-order valence-corrected chi connectivity index (χ4v) is 2.44. The number of ether oxygens (including phenoxy) is 1. The highest BCUT2D eigenvalue weighted by Gasteiger charge is 2.24. The Balaban J connectivity index is 2.31. The quantitative estimate of drug-likeness (QED) is 0.667. The van der Waals surface area contributed by atoms with Crippen molar-refractivity contribution in [3.63, 3.8) is 0 Å². The highest BCUT2D eigenvalue weighted by molar-refractivity contribution is 8.14. The van der Waals surface area contributed by atoms with E-state index in [1.165, 1.54) is 18.9 Å². The average Bonchev–Trinajstić information content (AvgIpc) is 2.17. The first-order valence-electron chi connectivity index (χ1n) is 4.63. The summed E-state index contributed by atoms with van der Waals surface area (Å²) in [5, 5.41) is 0.523. The zero-order valence-electron chi connectivity index (χ0n) is 8.49. The van der Waals surface area contributed by atoms with E-state index in [0.717, 1.165) is 12.8 Å². The Labute approximate surface area is 88.0 Å². The van der Waals surface area contributed by atoms with Crippen LogP contribution >= 0.6 is 11.8 Å². The number of rotatable bonds is 1. The minimum atomic E-state index is -0.267. The molecule has 0 N–H and O–H groups in total. The molecule has 0 aromatic carbocycles. The summed E-state index contributed by atoms with van der Waals surface area (Å²) in [5.41, 5.74) is 0. The Morgan fingerprint density at radius 3 is 2.36 bits per heavy atom. The fourth-order valence-electron chi connectivity index (χ4n) is 1.52. The van der Waals surface area contributed by atoms with Crippen LogP contribution in [0.25, 0.3) is 0 Å². The lowest BCUT2D eigenvalue weighted by Gasteiger charge is -2.29. The molecule has 4 nitrogen and oxygen atoms in total. The minimum absolute atomic E-state index is 0.154. The van der Waals surface area contributed by atoms with Gasteiger partial charge in [-0.05, 0) is 12.8 Å². The van der Waals surface area contributed by atoms with E-state index in [1.54, 1.807) is 11.8 Å². The van der Waals surface area contributed by atoms with E-state index in [1.807, 2.05) is 0 Å². The molecule has 5 heteroatoms. The molecule has 80 valence electrons. The van der Waals surface area contributed by atoms with Crippen LogP contribution in [0.5, 0.6) is 0 Å². The van der Waals surface area contributed by atoms with Crippen molar-refractivity contribution in [2.24, 2.45) is 0 Å². The van der Waals surface area contributed by atoms with Gasteiger partial charge >= 0.3 is 6.09 Å². The molecular weight excluding hydrogens is 202 g/mol. The van der Waals surface area contributed by atoms with Gasteiger partial charge in [-0.3, -0.25) is 4.79 Å². The third-order valence-corrected chi connectivity index (χ3v) is 3.34. The number of methoxy groups -OCH3 is 1. The number of likely N-dealkylation sites (tertiary alicyclic amines) is 1. The molecule has 1 aliphatic heterocycles. The van der Waals surface area contributed by atoms with E-state index in [2.05, 4.69) is 4.74 Å². The molecule has 0 spiro atoms. The molecule has 0 saturated carbocycles. The number of piperidine rings is 1. The fraction of sp³-hybridized carbons (Fsp3) is 0.778. The maximum atomic E-state index is 11.1. The maximum Gasteiger partial charge on any atom is 0.409 e. The van der Waals surface area contributed by atoms with Gasteiger partial charge in [0.1, 0.15) is 0 Å². The van der Waals surface area contributed by atoms with Gasteiger partial charge in [-0.1, -0.05) is 11.8 Å². The van der Waals surface area contributed by atoms with Gasteiger partial charge in [-0.25, -0.2) is 4.79 Å². The van der Waals surface area contributed by atoms with Crippen LogP contribution in [0, 0.1) is 0 Å². The van der Waals surface area contributed by atoms with E-state index in [4.69, 9.17) is 0 Å². The summed E-state index contributed by atoms with van der Waals surface area (Å²) in [4.78, 5) is 23.6. The van der Waals surface area contributed by atoms with Gasteiger partial charge in [-0.2, -0.15) is 0 Å². The largest absolute Gasteiger partial charge is 0.453 e. The van der Waals surface area contributed by atoms with E-state index >= 15 is 0 Å². The van der Waals surface area contributed by atoms with E-state index in [9.17, 15) is 9.59 Å². The van der Waals surface area contributed by atoms with Gasteiger partial charge in [0, 0.05) is 25.3 Å². The molecule has 1 aliphatic rings. The molecule has 0 aromatic heterocycles. The Kier molecular flexibility index (Phi) is 4.25. The standard InChI is InChI=1S/C9H15NO3S/c1-7(11)14-8-3-5-10(6-4-8)9(12)13-2/h8H,3-6H2,1-2H3. The second-order valence-corrected chi connectivity index (χ2v) is 4.74. The van der Waals surface area contributed by atoms with Crippen molar-refractivity contribution in [2.45, 2.75) is 25.0 Å². The Hall–Kier alpha value is -0.710. The van der Waals surface area contributed by atoms with Gasteiger partial charge < -0.3 is 9.64 Å². The van der Waals surface area contributed by atoms with Gasteiger partial charge in [0.15, 0.2) is 5.12 Å². The summed E-state index contributed by atoms with van der Waals surface area (Å²) < 4.78 is 4.62. The molecule has 14 heavy (non-hydrogen) atoms. The number of hydrogen-bond donors (Lipinski definition) is 0. The number of amides is 1. The predicted octanol–water partition coefficient (Wildman–Crippen LogP) is 1.50. The maximum absolute atomic E-state index is 11.1. The van der Waals surface area contributed by atoms with Gasteiger partial charge in [0.2, 0.25) is 0 Å². The predicted molar refractivity (Wildman–Crippen MR) is 55.3 cm³/mol. The first kappa shape index (κ1) is 11.4. The molecule has 1 heterocycles. The molecule has 0 bridgehead atoms. The molecule has 0 aromatic rings. The molecule has 0 atom stereocenters. The molecule has 1 rings (SSSR count). The lowest BCUT2D eigenvalue weighted by molar-refractivity contribution is -0.109. The van der Waals surface area contributed by atoms with E-state index in [0.29, 0.717) is 18.3 Å². The Morgan fingerprint density at radius 2 is 1.93 bits per heavy atom. The third-order valence-electron chi connectivity index (χ3n) is 2.21. The topological polar surface area (TPSA) is 46.6 Å². The number of hydrogen-bond acceptors (Lipinski definition) is 4. The van der Waals surface area contributed by atoms with Crippen molar-refractivity contribution in [3.05, 3.63) is 0 Å². The summed E-state index contributed by atoms with van der Waals surface area (Å²) >= 11 is 1.38. The summed E-state index contributed by atoms with van der Waals surface area (Å²) in [7, 11) is 1.39. The molecule has 1 fully saturated rings. The van der Waals surface area contributed by atoms with E-state index < -0.39 is 0 Å². The molecule has 1 amide bonds. The summed E-state index contributed by atoms with van der Waals surface area (Å²) in [6.07, 6.45) is 1.48. The zero-order valence-corrected chi connectivity index (χ0v) is 9.30. The first-order chi connectivity index (χ1) is 6.63. The highest BCUT2D eigenvalue weighted by atomic mass is 32.2. The molecule has 0 unspecified atom stereocenters. The second-order valence-electron chi connectivity index (χ2n) is 3.27. The lowest BCUT2D eigenvalue weighted by Crippen LogP contribution is -2.39. The third kappa shape index (κ3) is 3.21. The van der Waals surface area contributed by atoms with Crippen LogP contribution in [0.15, 0.2) is 0 Å². The lowest BCUT2D eigenvalue weighted by atomic mass is 10.1. The second kappa shape index (κ2) is 5.24. The van der Waals surface area contributed by atoms with Crippen molar-refractivity contribution < 1.29 is 14.3 Å². The zero-order chi connectivity index (χ0) is 10.6. The van der Waals surface area contributed by atoms with Gasteiger partial charge in [-0.15, -0.1) is 0 Å². The monoisotopic (exact) mass is 217 g/mol.